The highest BCUT2D eigenvalue weighted by atomic mass is 15.3. The van der Waals surface area contributed by atoms with Crippen LogP contribution in [0.2, 0.25) is 0 Å². The maximum atomic E-state index is 5.72. The van der Waals surface area contributed by atoms with Gasteiger partial charge < -0.3 is 10.7 Å². The Morgan fingerprint density at radius 2 is 1.86 bits per heavy atom. The minimum Gasteiger partial charge on any atom is -0.399 e. The molecular formula is C16H13N5. The number of hydrogen-bond donors (Lipinski definition) is 2. The van der Waals surface area contributed by atoms with Gasteiger partial charge in [0.15, 0.2) is 0 Å². The van der Waals surface area contributed by atoms with Crippen molar-refractivity contribution in [3.63, 3.8) is 0 Å². The number of nitrogens with two attached hydrogens (primary N) is 1. The number of anilines is 1. The second-order valence-electron chi connectivity index (χ2n) is 4.87. The summed E-state index contributed by atoms with van der Waals surface area (Å²) in [7, 11) is 0. The van der Waals surface area contributed by atoms with E-state index in [4.69, 9.17) is 5.73 Å². The molecule has 5 nitrogen and oxygen atoms in total. The molecule has 0 bridgehead atoms. The number of hydrogen-bond acceptors (Lipinski definition) is 3. The Morgan fingerprint density at radius 3 is 2.71 bits per heavy atom. The summed E-state index contributed by atoms with van der Waals surface area (Å²) in [6.45, 7) is 0. The van der Waals surface area contributed by atoms with Crippen LogP contribution in [-0.2, 0) is 0 Å². The van der Waals surface area contributed by atoms with E-state index < -0.39 is 0 Å². The normalized spacial score (nSPS) is 11.0. The molecule has 0 saturated carbocycles. The van der Waals surface area contributed by atoms with Gasteiger partial charge in [-0.3, -0.25) is 0 Å². The Labute approximate surface area is 121 Å². The second kappa shape index (κ2) is 4.49. The Morgan fingerprint density at radius 1 is 1.00 bits per heavy atom. The molecule has 0 atom stereocenters. The highest BCUT2D eigenvalue weighted by Crippen LogP contribution is 2.24. The molecule has 0 spiro atoms. The van der Waals surface area contributed by atoms with Crippen LogP contribution in [0.1, 0.15) is 0 Å². The molecule has 0 radical (unpaired) electrons. The number of nitrogen functional groups attached to an aromatic ring is 1. The highest BCUT2D eigenvalue weighted by Gasteiger charge is 2.07. The van der Waals surface area contributed by atoms with Crippen LogP contribution in [0, 0.1) is 0 Å². The van der Waals surface area contributed by atoms with Gasteiger partial charge in [0.2, 0.25) is 0 Å². The van der Waals surface area contributed by atoms with E-state index in [1.54, 1.807) is 6.20 Å². The van der Waals surface area contributed by atoms with E-state index in [-0.39, 0.29) is 0 Å². The van der Waals surface area contributed by atoms with Crippen molar-refractivity contribution in [2.45, 2.75) is 0 Å². The number of fused-ring (bicyclic) bond motifs is 1. The number of nitrogens with one attached hydrogen (secondary N) is 1. The van der Waals surface area contributed by atoms with E-state index >= 15 is 0 Å². The highest BCUT2D eigenvalue weighted by molar-refractivity contribution is 5.84. The first-order valence-electron chi connectivity index (χ1n) is 6.64. The first-order valence-corrected chi connectivity index (χ1v) is 6.64. The van der Waals surface area contributed by atoms with Crippen molar-refractivity contribution in [3.8, 4) is 16.8 Å². The summed E-state index contributed by atoms with van der Waals surface area (Å²) < 4.78 is 1.86. The molecule has 102 valence electrons. The summed E-state index contributed by atoms with van der Waals surface area (Å²) in [5.41, 5.74) is 10.5. The fraction of sp³-hybridized carbons (Fsp3) is 0. The van der Waals surface area contributed by atoms with Crippen molar-refractivity contribution in [2.24, 2.45) is 0 Å². The van der Waals surface area contributed by atoms with Gasteiger partial charge >= 0.3 is 0 Å². The van der Waals surface area contributed by atoms with Gasteiger partial charge in [0.05, 0.1) is 11.9 Å². The third-order valence-corrected chi connectivity index (χ3v) is 3.51. The second-order valence-corrected chi connectivity index (χ2v) is 4.87. The van der Waals surface area contributed by atoms with Crippen LogP contribution >= 0.6 is 0 Å². The van der Waals surface area contributed by atoms with Crippen molar-refractivity contribution in [3.05, 3.63) is 61.2 Å². The Bertz CT molecular complexity index is 902. The van der Waals surface area contributed by atoms with Crippen LogP contribution in [0.15, 0.2) is 61.2 Å². The summed E-state index contributed by atoms with van der Waals surface area (Å²) in [5.74, 6) is 0. The molecule has 0 fully saturated rings. The van der Waals surface area contributed by atoms with Gasteiger partial charge in [0.1, 0.15) is 5.65 Å². The van der Waals surface area contributed by atoms with Crippen LogP contribution in [-0.4, -0.2) is 19.7 Å². The van der Waals surface area contributed by atoms with Gasteiger partial charge in [-0.25, -0.2) is 9.67 Å². The smallest absolute Gasteiger partial charge is 0.139 e. The zero-order chi connectivity index (χ0) is 14.2. The molecule has 4 rings (SSSR count). The summed E-state index contributed by atoms with van der Waals surface area (Å²) in [5, 5.41) is 5.50. The fourth-order valence-electron chi connectivity index (χ4n) is 2.43. The van der Waals surface area contributed by atoms with Gasteiger partial charge in [0, 0.05) is 35.2 Å². The lowest BCUT2D eigenvalue weighted by atomic mass is 10.1. The minimum atomic E-state index is 0.759. The van der Waals surface area contributed by atoms with E-state index in [2.05, 4.69) is 15.1 Å². The van der Waals surface area contributed by atoms with Crippen LogP contribution in [0.3, 0.4) is 0 Å². The van der Waals surface area contributed by atoms with E-state index in [9.17, 15) is 0 Å². The molecule has 4 aromatic rings. The molecule has 3 heterocycles. The summed E-state index contributed by atoms with van der Waals surface area (Å²) in [6.07, 6.45) is 7.52. The third kappa shape index (κ3) is 1.95. The number of benzene rings is 1. The molecule has 0 aliphatic rings. The summed E-state index contributed by atoms with van der Waals surface area (Å²) in [6, 6.07) is 11.7. The molecule has 21 heavy (non-hydrogen) atoms. The molecule has 0 saturated heterocycles. The molecule has 0 unspecified atom stereocenters. The summed E-state index contributed by atoms with van der Waals surface area (Å²) in [4.78, 5) is 7.40. The van der Waals surface area contributed by atoms with Crippen molar-refractivity contribution >= 4 is 16.7 Å². The SMILES string of the molecule is Nc1ccc(-c2cnn(-c3ccnc4[nH]ccc34)c2)cc1. The van der Waals surface area contributed by atoms with Crippen LogP contribution in [0.25, 0.3) is 27.8 Å². The van der Waals surface area contributed by atoms with Crippen molar-refractivity contribution in [1.82, 2.24) is 19.7 Å². The van der Waals surface area contributed by atoms with Gasteiger partial charge in [0.25, 0.3) is 0 Å². The molecule has 1 aromatic carbocycles. The molecule has 5 heteroatoms. The first-order chi connectivity index (χ1) is 10.3. The van der Waals surface area contributed by atoms with E-state index in [1.165, 1.54) is 0 Å². The summed E-state index contributed by atoms with van der Waals surface area (Å²) >= 11 is 0. The van der Waals surface area contributed by atoms with E-state index in [1.807, 2.05) is 59.7 Å². The molecule has 0 amide bonds. The topological polar surface area (TPSA) is 72.5 Å². The first kappa shape index (κ1) is 11.7. The van der Waals surface area contributed by atoms with Crippen LogP contribution < -0.4 is 5.73 Å². The van der Waals surface area contributed by atoms with Gasteiger partial charge in [-0.15, -0.1) is 0 Å². The lowest BCUT2D eigenvalue weighted by Gasteiger charge is -2.02. The van der Waals surface area contributed by atoms with Crippen molar-refractivity contribution < 1.29 is 0 Å². The molecule has 0 aliphatic carbocycles. The molecule has 3 N–H and O–H groups in total. The third-order valence-electron chi connectivity index (χ3n) is 3.51. The quantitative estimate of drug-likeness (QED) is 0.552. The number of rotatable bonds is 2. The average Bonchev–Trinajstić information content (AvgIpc) is 3.16. The van der Waals surface area contributed by atoms with E-state index in [0.717, 1.165) is 33.5 Å². The lowest BCUT2D eigenvalue weighted by molar-refractivity contribution is 0.886. The number of aromatic nitrogens is 4. The monoisotopic (exact) mass is 275 g/mol. The molecule has 3 aromatic heterocycles. The largest absolute Gasteiger partial charge is 0.399 e. The van der Waals surface area contributed by atoms with Crippen molar-refractivity contribution in [2.75, 3.05) is 5.73 Å². The maximum Gasteiger partial charge on any atom is 0.139 e. The molecule has 0 aliphatic heterocycles. The van der Waals surface area contributed by atoms with E-state index in [0.29, 0.717) is 0 Å². The number of aromatic amines is 1. The number of H-pyrrole nitrogens is 1. The van der Waals surface area contributed by atoms with Gasteiger partial charge in [-0.05, 0) is 29.8 Å². The Hall–Kier alpha value is -3.08. The predicted molar refractivity (Wildman–Crippen MR) is 83.1 cm³/mol. The number of pyridine rings is 1. The van der Waals surface area contributed by atoms with Crippen molar-refractivity contribution in [1.29, 1.82) is 0 Å². The zero-order valence-electron chi connectivity index (χ0n) is 11.2. The lowest BCUT2D eigenvalue weighted by Crippen LogP contribution is -1.95. The number of nitrogens with zero attached hydrogens (tertiary/aromatic N) is 3. The predicted octanol–water partition coefficient (Wildman–Crippen LogP) is 3.00. The zero-order valence-corrected chi connectivity index (χ0v) is 11.2. The van der Waals surface area contributed by atoms with Crippen LogP contribution in [0.5, 0.6) is 0 Å². The van der Waals surface area contributed by atoms with Gasteiger partial charge in [-0.2, -0.15) is 5.10 Å². The minimum absolute atomic E-state index is 0.759. The standard InChI is InChI=1S/C16H13N5/c17-13-3-1-11(2-4-13)12-9-20-21(10-12)15-6-8-19-16-14(15)5-7-18-16/h1-10H,17H2,(H,18,19). The Kier molecular flexibility index (Phi) is 2.50. The average molecular weight is 275 g/mol. The van der Waals surface area contributed by atoms with Gasteiger partial charge in [-0.1, -0.05) is 12.1 Å². The Balaban J connectivity index is 1.81. The maximum absolute atomic E-state index is 5.72. The fourth-order valence-corrected chi connectivity index (χ4v) is 2.43. The van der Waals surface area contributed by atoms with Crippen LogP contribution in [0.4, 0.5) is 5.69 Å². The molecular weight excluding hydrogens is 262 g/mol.